The van der Waals surface area contributed by atoms with E-state index in [0.29, 0.717) is 28.3 Å². The highest BCUT2D eigenvalue weighted by Gasteiger charge is 2.34. The first-order chi connectivity index (χ1) is 20.6. The summed E-state index contributed by atoms with van der Waals surface area (Å²) in [6.07, 6.45) is 7.97. The zero-order valence-electron chi connectivity index (χ0n) is 23.1. The highest BCUT2D eigenvalue weighted by atomic mass is 127. The molecule has 9 nitrogen and oxygen atoms in total. The lowest BCUT2D eigenvalue weighted by Crippen LogP contribution is -2.32. The van der Waals surface area contributed by atoms with Gasteiger partial charge in [0.1, 0.15) is 4.90 Å². The van der Waals surface area contributed by atoms with Gasteiger partial charge in [-0.3, -0.25) is 19.6 Å². The van der Waals surface area contributed by atoms with Crippen molar-refractivity contribution in [2.45, 2.75) is 37.8 Å². The van der Waals surface area contributed by atoms with Crippen LogP contribution in [0, 0.1) is 28.0 Å². The number of hydroxylamine groups is 1. The van der Waals surface area contributed by atoms with Gasteiger partial charge in [-0.2, -0.15) is 4.31 Å². The van der Waals surface area contributed by atoms with Crippen LogP contribution in [-0.4, -0.2) is 35.2 Å². The monoisotopic (exact) mass is 719 g/mol. The Morgan fingerprint density at radius 2 is 1.67 bits per heavy atom. The summed E-state index contributed by atoms with van der Waals surface area (Å²) in [5.41, 5.74) is 3.48. The molecule has 224 valence electrons. The Morgan fingerprint density at radius 1 is 1.02 bits per heavy atom. The minimum atomic E-state index is -4.72. The van der Waals surface area contributed by atoms with E-state index in [9.17, 15) is 13.2 Å². The molecule has 0 bridgehead atoms. The molecule has 2 N–H and O–H groups in total. The van der Waals surface area contributed by atoms with Gasteiger partial charge in [-0.1, -0.05) is 12.1 Å². The minimum Gasteiger partial charge on any atom is -0.352 e. The lowest BCUT2D eigenvalue weighted by molar-refractivity contribution is 0.0270. The summed E-state index contributed by atoms with van der Waals surface area (Å²) in [5, 5.41) is 2.80. The molecule has 0 saturated heterocycles. The fourth-order valence-electron chi connectivity index (χ4n) is 4.31. The van der Waals surface area contributed by atoms with Gasteiger partial charge in [-0.15, -0.1) is 0 Å². The Bertz CT molecular complexity index is 1680. The number of sulfonamides is 1. The van der Waals surface area contributed by atoms with Crippen LogP contribution in [0.15, 0.2) is 78.2 Å². The van der Waals surface area contributed by atoms with Gasteiger partial charge in [0.05, 0.1) is 17.9 Å². The molecule has 13 heteroatoms. The van der Waals surface area contributed by atoms with Crippen LogP contribution < -0.4 is 10.8 Å². The molecule has 1 aliphatic rings. The Balaban J connectivity index is 1.58. The third kappa shape index (κ3) is 7.52. The molecule has 43 heavy (non-hydrogen) atoms. The zero-order chi connectivity index (χ0) is 30.6. The van der Waals surface area contributed by atoms with Crippen LogP contribution in [0.5, 0.6) is 0 Å². The first-order valence-electron chi connectivity index (χ1n) is 13.4. The van der Waals surface area contributed by atoms with Gasteiger partial charge in [0.15, 0.2) is 11.6 Å². The standard InChI is InChI=1S/C30H28F2IN5O4S/c1-19-12-23(33)8-9-25(19)36-29-24(30(39)37-42-18-20-6-7-20)13-26(27(31)28(29)32)43(40,41)38(16-21-4-2-10-34-14-21)17-22-5-3-11-35-15-22/h2-5,8-15,20,36H,6-7,16-18H2,1H3,(H,37,39). The van der Waals surface area contributed by atoms with Crippen molar-refractivity contribution in [3.63, 3.8) is 0 Å². The van der Waals surface area contributed by atoms with Gasteiger partial charge in [0.25, 0.3) is 5.91 Å². The number of carbonyl (C=O) groups excluding carboxylic acids is 1. The molecular weight excluding hydrogens is 691 g/mol. The van der Waals surface area contributed by atoms with Gasteiger partial charge in [-0.05, 0) is 101 Å². The number of aryl methyl sites for hydroxylation is 1. The summed E-state index contributed by atoms with van der Waals surface area (Å²) in [5.74, 6) is -3.76. The normalized spacial score (nSPS) is 13.2. The number of amides is 1. The number of carbonyl (C=O) groups is 1. The van der Waals surface area contributed by atoms with E-state index in [4.69, 9.17) is 4.84 Å². The van der Waals surface area contributed by atoms with Crippen molar-refractivity contribution in [1.29, 1.82) is 0 Å². The molecule has 4 aromatic rings. The van der Waals surface area contributed by atoms with Crippen molar-refractivity contribution in [3.8, 4) is 0 Å². The van der Waals surface area contributed by atoms with E-state index < -0.39 is 43.7 Å². The first-order valence-corrected chi connectivity index (χ1v) is 15.9. The fourth-order valence-corrected chi connectivity index (χ4v) is 6.46. The van der Waals surface area contributed by atoms with Crippen LogP contribution >= 0.6 is 22.6 Å². The highest BCUT2D eigenvalue weighted by molar-refractivity contribution is 14.1. The molecule has 1 fully saturated rings. The topological polar surface area (TPSA) is 114 Å². The third-order valence-electron chi connectivity index (χ3n) is 6.83. The van der Waals surface area contributed by atoms with E-state index >= 15 is 8.78 Å². The molecule has 1 aliphatic carbocycles. The number of hydrogen-bond donors (Lipinski definition) is 2. The summed E-state index contributed by atoms with van der Waals surface area (Å²) in [6, 6.07) is 12.7. The summed E-state index contributed by atoms with van der Waals surface area (Å²) >= 11 is 2.12. The molecule has 0 atom stereocenters. The predicted octanol–water partition coefficient (Wildman–Crippen LogP) is 5.87. The van der Waals surface area contributed by atoms with E-state index in [0.717, 1.165) is 26.8 Å². The number of halogens is 3. The second-order valence-corrected chi connectivity index (χ2v) is 13.3. The van der Waals surface area contributed by atoms with Crippen LogP contribution in [0.25, 0.3) is 0 Å². The maximum Gasteiger partial charge on any atom is 0.277 e. The Morgan fingerprint density at radius 3 is 2.23 bits per heavy atom. The zero-order valence-corrected chi connectivity index (χ0v) is 26.0. The number of aromatic nitrogens is 2. The maximum atomic E-state index is 15.9. The van der Waals surface area contributed by atoms with Crippen LogP contribution in [0.3, 0.4) is 0 Å². The van der Waals surface area contributed by atoms with Gasteiger partial charge < -0.3 is 5.32 Å². The molecule has 2 aromatic heterocycles. The molecule has 0 unspecified atom stereocenters. The smallest absolute Gasteiger partial charge is 0.277 e. The van der Waals surface area contributed by atoms with Crippen LogP contribution in [-0.2, 0) is 28.0 Å². The van der Waals surface area contributed by atoms with Gasteiger partial charge in [-0.25, -0.2) is 22.7 Å². The van der Waals surface area contributed by atoms with Crippen molar-refractivity contribution in [2.24, 2.45) is 5.92 Å². The number of pyridine rings is 2. The SMILES string of the molecule is Cc1cc(I)ccc1Nc1c(C(=O)NOCC2CC2)cc(S(=O)(=O)N(Cc2cccnc2)Cc2cccnc2)c(F)c1F. The molecule has 1 saturated carbocycles. The molecular formula is C30H28F2IN5O4S. The van der Waals surface area contributed by atoms with Crippen molar-refractivity contribution in [1.82, 2.24) is 19.8 Å². The Hall–Kier alpha value is -3.53. The summed E-state index contributed by atoms with van der Waals surface area (Å²) in [7, 11) is -4.72. The molecule has 2 aromatic carbocycles. The van der Waals surface area contributed by atoms with Crippen molar-refractivity contribution >= 4 is 49.9 Å². The largest absolute Gasteiger partial charge is 0.352 e. The first kappa shape index (κ1) is 30.9. The molecule has 0 aliphatic heterocycles. The van der Waals surface area contributed by atoms with Crippen molar-refractivity contribution in [3.05, 3.63) is 111 Å². The number of rotatable bonds is 12. The van der Waals surface area contributed by atoms with Crippen molar-refractivity contribution in [2.75, 3.05) is 11.9 Å². The molecule has 2 heterocycles. The predicted molar refractivity (Wildman–Crippen MR) is 165 cm³/mol. The third-order valence-corrected chi connectivity index (χ3v) is 9.29. The van der Waals surface area contributed by atoms with E-state index in [1.54, 1.807) is 43.3 Å². The average molecular weight is 720 g/mol. The number of nitrogens with one attached hydrogen (secondary N) is 2. The molecule has 0 radical (unpaired) electrons. The fraction of sp³-hybridized carbons (Fsp3) is 0.233. The molecule has 0 spiro atoms. The van der Waals surface area contributed by atoms with Crippen molar-refractivity contribution < 1.29 is 26.8 Å². The molecule has 1 amide bonds. The van der Waals surface area contributed by atoms with Crippen LogP contribution in [0.1, 0.15) is 39.9 Å². The quantitative estimate of drug-likeness (QED) is 0.139. The van der Waals surface area contributed by atoms with Gasteiger partial charge in [0.2, 0.25) is 10.0 Å². The van der Waals surface area contributed by atoms with Gasteiger partial charge >= 0.3 is 0 Å². The lowest BCUT2D eigenvalue weighted by Gasteiger charge is -2.24. The maximum absolute atomic E-state index is 15.9. The second-order valence-electron chi connectivity index (χ2n) is 10.2. The summed E-state index contributed by atoms with van der Waals surface area (Å²) in [4.78, 5) is 25.7. The number of hydrogen-bond acceptors (Lipinski definition) is 7. The Labute approximate surface area is 261 Å². The van der Waals surface area contributed by atoms with E-state index in [1.807, 2.05) is 6.07 Å². The average Bonchev–Trinajstić information content (AvgIpc) is 3.82. The van der Waals surface area contributed by atoms with E-state index in [-0.39, 0.29) is 19.7 Å². The van der Waals surface area contributed by atoms with E-state index in [1.165, 1.54) is 24.8 Å². The second kappa shape index (κ2) is 13.4. The number of benzene rings is 2. The summed E-state index contributed by atoms with van der Waals surface area (Å²) < 4.78 is 61.8. The van der Waals surface area contributed by atoms with Gasteiger partial charge in [0, 0.05) is 47.1 Å². The number of anilines is 2. The Kier molecular flexibility index (Phi) is 9.64. The van der Waals surface area contributed by atoms with Crippen LogP contribution in [0.4, 0.5) is 20.2 Å². The van der Waals surface area contributed by atoms with E-state index in [2.05, 4.69) is 43.4 Å². The van der Waals surface area contributed by atoms with Crippen LogP contribution in [0.2, 0.25) is 0 Å². The molecule has 5 rings (SSSR count). The summed E-state index contributed by atoms with van der Waals surface area (Å²) in [6.45, 7) is 1.63. The number of nitrogens with zero attached hydrogens (tertiary/aromatic N) is 3. The lowest BCUT2D eigenvalue weighted by atomic mass is 10.1. The minimum absolute atomic E-state index is 0.194. The highest BCUT2D eigenvalue weighted by Crippen LogP contribution is 2.34.